The number of benzene rings is 1. The maximum Gasteiger partial charge on any atom is 0.199 e. The molecule has 1 aliphatic rings. The number of furan rings is 1. The third-order valence-corrected chi connectivity index (χ3v) is 5.08. The van der Waals surface area contributed by atoms with Crippen molar-refractivity contribution in [2.75, 3.05) is 18.1 Å². The number of hydrogen-bond donors (Lipinski definition) is 1. The number of thioether (sulfide) groups is 1. The number of rotatable bonds is 4. The molecule has 102 valence electrons. The van der Waals surface area contributed by atoms with Gasteiger partial charge in [0.1, 0.15) is 5.58 Å². The van der Waals surface area contributed by atoms with Crippen molar-refractivity contribution < 1.29 is 4.42 Å². The van der Waals surface area contributed by atoms with Crippen LogP contribution < -0.4 is 5.32 Å². The van der Waals surface area contributed by atoms with Gasteiger partial charge in [0, 0.05) is 17.5 Å². The third-order valence-electron chi connectivity index (χ3n) is 3.72. The molecule has 1 saturated heterocycles. The maximum atomic E-state index is 6.18. The van der Waals surface area contributed by atoms with Gasteiger partial charge in [-0.1, -0.05) is 18.2 Å². The van der Waals surface area contributed by atoms with Crippen LogP contribution in [0.15, 0.2) is 28.7 Å². The molecule has 19 heavy (non-hydrogen) atoms. The topological polar surface area (TPSA) is 25.2 Å². The first-order chi connectivity index (χ1) is 9.34. The van der Waals surface area contributed by atoms with Crippen LogP contribution in [0.25, 0.3) is 11.0 Å². The van der Waals surface area contributed by atoms with E-state index in [4.69, 9.17) is 16.0 Å². The molecule has 0 unspecified atom stereocenters. The Labute approximate surface area is 122 Å². The summed E-state index contributed by atoms with van der Waals surface area (Å²) in [7, 11) is 0. The minimum atomic E-state index is 0.521. The van der Waals surface area contributed by atoms with Crippen LogP contribution in [0, 0.1) is 5.92 Å². The summed E-state index contributed by atoms with van der Waals surface area (Å²) in [6, 6.07) is 8.02. The second kappa shape index (κ2) is 6.21. The lowest BCUT2D eigenvalue weighted by Gasteiger charge is -2.21. The van der Waals surface area contributed by atoms with Gasteiger partial charge in [0.25, 0.3) is 0 Å². The predicted octanol–water partition coefficient (Wildman–Crippen LogP) is 4.32. The van der Waals surface area contributed by atoms with Crippen LogP contribution in [0.2, 0.25) is 5.22 Å². The van der Waals surface area contributed by atoms with Gasteiger partial charge in [-0.25, -0.2) is 0 Å². The standard InChI is InChI=1S/C15H18ClNOS/c16-15-13(12-3-1-2-4-14(12)18-15)10-17-9-11-5-7-19-8-6-11/h1-4,11,17H,5-10H2. The second-order valence-electron chi connectivity index (χ2n) is 5.04. The molecule has 0 aliphatic carbocycles. The Morgan fingerprint density at radius 3 is 2.89 bits per heavy atom. The van der Waals surface area contributed by atoms with E-state index in [2.05, 4.69) is 23.1 Å². The number of nitrogens with one attached hydrogen (secondary N) is 1. The Morgan fingerprint density at radius 1 is 1.26 bits per heavy atom. The smallest absolute Gasteiger partial charge is 0.199 e. The molecule has 1 fully saturated rings. The number of halogens is 1. The van der Waals surface area contributed by atoms with Crippen molar-refractivity contribution in [1.29, 1.82) is 0 Å². The zero-order valence-corrected chi connectivity index (χ0v) is 12.4. The van der Waals surface area contributed by atoms with Gasteiger partial charge < -0.3 is 9.73 Å². The molecule has 1 aromatic heterocycles. The molecule has 4 heteroatoms. The largest absolute Gasteiger partial charge is 0.444 e. The Kier molecular flexibility index (Phi) is 4.36. The van der Waals surface area contributed by atoms with Gasteiger partial charge in [-0.2, -0.15) is 11.8 Å². The fourth-order valence-corrected chi connectivity index (χ4v) is 4.04. The fourth-order valence-electron chi connectivity index (χ4n) is 2.59. The first-order valence-corrected chi connectivity index (χ1v) is 8.32. The van der Waals surface area contributed by atoms with E-state index in [-0.39, 0.29) is 0 Å². The molecular weight excluding hydrogens is 278 g/mol. The van der Waals surface area contributed by atoms with E-state index in [0.29, 0.717) is 5.22 Å². The summed E-state index contributed by atoms with van der Waals surface area (Å²) in [5.41, 5.74) is 1.96. The van der Waals surface area contributed by atoms with Crippen LogP contribution in [0.3, 0.4) is 0 Å². The van der Waals surface area contributed by atoms with Crippen molar-refractivity contribution in [3.63, 3.8) is 0 Å². The lowest BCUT2D eigenvalue weighted by atomic mass is 10.0. The molecular formula is C15H18ClNOS. The number of para-hydroxylation sites is 1. The van der Waals surface area contributed by atoms with Crippen molar-refractivity contribution in [2.24, 2.45) is 5.92 Å². The average Bonchev–Trinajstić information content (AvgIpc) is 2.76. The number of hydrogen-bond acceptors (Lipinski definition) is 3. The summed E-state index contributed by atoms with van der Waals surface area (Å²) in [6.07, 6.45) is 2.66. The van der Waals surface area contributed by atoms with Crippen LogP contribution in [0.4, 0.5) is 0 Å². The van der Waals surface area contributed by atoms with Gasteiger partial charge in [-0.3, -0.25) is 0 Å². The third kappa shape index (κ3) is 3.10. The van der Waals surface area contributed by atoms with Crippen molar-refractivity contribution in [3.05, 3.63) is 35.0 Å². The molecule has 2 nitrogen and oxygen atoms in total. The van der Waals surface area contributed by atoms with E-state index in [0.717, 1.165) is 35.5 Å². The zero-order chi connectivity index (χ0) is 13.1. The quantitative estimate of drug-likeness (QED) is 0.909. The summed E-state index contributed by atoms with van der Waals surface area (Å²) in [5.74, 6) is 3.43. The highest BCUT2D eigenvalue weighted by Crippen LogP contribution is 2.29. The van der Waals surface area contributed by atoms with Gasteiger partial charge >= 0.3 is 0 Å². The maximum absolute atomic E-state index is 6.18. The summed E-state index contributed by atoms with van der Waals surface area (Å²) < 4.78 is 5.56. The number of fused-ring (bicyclic) bond motifs is 1. The highest BCUT2D eigenvalue weighted by molar-refractivity contribution is 7.99. The Bertz CT molecular complexity index is 548. The molecule has 0 saturated carbocycles. The zero-order valence-electron chi connectivity index (χ0n) is 10.8. The van der Waals surface area contributed by atoms with Gasteiger partial charge in [0.05, 0.1) is 0 Å². The Morgan fingerprint density at radius 2 is 2.05 bits per heavy atom. The summed E-state index contributed by atoms with van der Waals surface area (Å²) >= 11 is 8.25. The van der Waals surface area contributed by atoms with Crippen LogP contribution in [-0.4, -0.2) is 18.1 Å². The molecule has 0 radical (unpaired) electrons. The van der Waals surface area contributed by atoms with Crippen molar-refractivity contribution in [3.8, 4) is 0 Å². The van der Waals surface area contributed by atoms with Gasteiger partial charge in [-0.05, 0) is 54.5 Å². The average molecular weight is 296 g/mol. The van der Waals surface area contributed by atoms with Gasteiger partial charge in [0.15, 0.2) is 5.22 Å². The van der Waals surface area contributed by atoms with E-state index in [1.54, 1.807) is 0 Å². The highest BCUT2D eigenvalue weighted by Gasteiger charge is 2.15. The van der Waals surface area contributed by atoms with E-state index >= 15 is 0 Å². The summed E-state index contributed by atoms with van der Waals surface area (Å²) in [6.45, 7) is 1.87. The molecule has 0 atom stereocenters. The fraction of sp³-hybridized carbons (Fsp3) is 0.467. The van der Waals surface area contributed by atoms with Crippen molar-refractivity contribution in [2.45, 2.75) is 19.4 Å². The SMILES string of the molecule is Clc1oc2ccccc2c1CNCC1CCSCC1. The Balaban J connectivity index is 1.63. The molecule has 1 aliphatic heterocycles. The van der Waals surface area contributed by atoms with Gasteiger partial charge in [-0.15, -0.1) is 0 Å². The normalized spacial score (nSPS) is 17.1. The Hall–Kier alpha value is -0.640. The predicted molar refractivity (Wildman–Crippen MR) is 83.0 cm³/mol. The molecule has 3 rings (SSSR count). The van der Waals surface area contributed by atoms with Crippen LogP contribution in [0.1, 0.15) is 18.4 Å². The van der Waals surface area contributed by atoms with Crippen molar-refractivity contribution >= 4 is 34.3 Å². The first kappa shape index (κ1) is 13.3. The molecule has 2 aromatic rings. The monoisotopic (exact) mass is 295 g/mol. The van der Waals surface area contributed by atoms with E-state index in [1.165, 1.54) is 24.3 Å². The molecule has 2 heterocycles. The summed E-state index contributed by atoms with van der Waals surface area (Å²) in [4.78, 5) is 0. The summed E-state index contributed by atoms with van der Waals surface area (Å²) in [5, 5.41) is 5.18. The minimum absolute atomic E-state index is 0.521. The second-order valence-corrected chi connectivity index (χ2v) is 6.61. The van der Waals surface area contributed by atoms with Crippen molar-refractivity contribution in [1.82, 2.24) is 5.32 Å². The lowest BCUT2D eigenvalue weighted by molar-refractivity contribution is 0.447. The van der Waals surface area contributed by atoms with Gasteiger partial charge in [0.2, 0.25) is 0 Å². The van der Waals surface area contributed by atoms with E-state index in [9.17, 15) is 0 Å². The van der Waals surface area contributed by atoms with E-state index < -0.39 is 0 Å². The molecule has 0 amide bonds. The van der Waals surface area contributed by atoms with Crippen LogP contribution in [0.5, 0.6) is 0 Å². The molecule has 1 N–H and O–H groups in total. The highest BCUT2D eigenvalue weighted by atomic mass is 35.5. The molecule has 0 bridgehead atoms. The first-order valence-electron chi connectivity index (χ1n) is 6.79. The van der Waals surface area contributed by atoms with Crippen LogP contribution >= 0.6 is 23.4 Å². The lowest BCUT2D eigenvalue weighted by Crippen LogP contribution is -2.25. The van der Waals surface area contributed by atoms with E-state index in [1.807, 2.05) is 18.2 Å². The molecule has 0 spiro atoms. The minimum Gasteiger partial charge on any atom is -0.444 e. The molecule has 1 aromatic carbocycles. The van der Waals surface area contributed by atoms with Crippen LogP contribution in [-0.2, 0) is 6.54 Å².